The molecule has 0 aromatic carbocycles. The van der Waals surface area contributed by atoms with Crippen LogP contribution in [0.3, 0.4) is 0 Å². The normalized spacial score (nSPS) is 15.6. The van der Waals surface area contributed by atoms with E-state index in [4.69, 9.17) is 21.6 Å². The van der Waals surface area contributed by atoms with Crippen molar-refractivity contribution in [3.8, 4) is 6.07 Å². The Hall–Kier alpha value is -1.25. The second-order valence-electron chi connectivity index (χ2n) is 4.63. The minimum absolute atomic E-state index is 0.0193. The summed E-state index contributed by atoms with van der Waals surface area (Å²) in [5.74, 6) is 0.590. The van der Waals surface area contributed by atoms with Gasteiger partial charge in [-0.15, -0.1) is 11.8 Å². The molecule has 0 saturated heterocycles. The molecular weight excluding hydrogens is 284 g/mol. The van der Waals surface area contributed by atoms with Crippen molar-refractivity contribution in [3.63, 3.8) is 0 Å². The summed E-state index contributed by atoms with van der Waals surface area (Å²) < 4.78 is 4.71. The number of aromatic nitrogens is 1. The van der Waals surface area contributed by atoms with Crippen LogP contribution in [0, 0.1) is 16.7 Å². The monoisotopic (exact) mass is 296 g/mol. The van der Waals surface area contributed by atoms with Crippen LogP contribution in [0.15, 0.2) is 17.3 Å². The van der Waals surface area contributed by atoms with Gasteiger partial charge in [0.1, 0.15) is 11.1 Å². The third-order valence-electron chi connectivity index (χ3n) is 3.20. The van der Waals surface area contributed by atoms with Gasteiger partial charge >= 0.3 is 5.97 Å². The second kappa shape index (κ2) is 5.81. The van der Waals surface area contributed by atoms with Gasteiger partial charge in [0, 0.05) is 11.9 Å². The Balaban J connectivity index is 2.00. The van der Waals surface area contributed by atoms with Gasteiger partial charge in [-0.25, -0.2) is 4.98 Å². The lowest BCUT2D eigenvalue weighted by atomic mass is 10.1. The topological polar surface area (TPSA) is 63.0 Å². The largest absolute Gasteiger partial charge is 0.469 e. The predicted octanol–water partition coefficient (Wildman–Crippen LogP) is 3.04. The average molecular weight is 297 g/mol. The Kier molecular flexibility index (Phi) is 4.33. The first-order chi connectivity index (χ1) is 9.10. The number of esters is 1. The van der Waals surface area contributed by atoms with Gasteiger partial charge in [-0.05, 0) is 24.3 Å². The summed E-state index contributed by atoms with van der Waals surface area (Å²) in [6.07, 6.45) is 4.05. The van der Waals surface area contributed by atoms with E-state index in [1.54, 1.807) is 12.3 Å². The number of thioether (sulfide) groups is 1. The van der Waals surface area contributed by atoms with Gasteiger partial charge < -0.3 is 4.74 Å². The quantitative estimate of drug-likeness (QED) is 0.617. The summed E-state index contributed by atoms with van der Waals surface area (Å²) in [7, 11) is 1.40. The number of pyridine rings is 1. The highest BCUT2D eigenvalue weighted by atomic mass is 35.5. The van der Waals surface area contributed by atoms with Crippen LogP contribution in [0.1, 0.15) is 24.8 Å². The van der Waals surface area contributed by atoms with Crippen LogP contribution < -0.4 is 0 Å². The first-order valence-electron chi connectivity index (χ1n) is 5.84. The highest BCUT2D eigenvalue weighted by Crippen LogP contribution is 2.52. The van der Waals surface area contributed by atoms with Gasteiger partial charge in [0.2, 0.25) is 0 Å². The molecule has 4 nitrogen and oxygen atoms in total. The first-order valence-corrected chi connectivity index (χ1v) is 7.21. The Morgan fingerprint density at radius 2 is 2.42 bits per heavy atom. The first kappa shape index (κ1) is 14.2. The molecule has 0 atom stereocenters. The number of carbonyl (C=O) groups excluding carboxylic acids is 1. The molecule has 1 aromatic rings. The summed E-state index contributed by atoms with van der Waals surface area (Å²) in [5.41, 5.74) is 0.447. The number of hydrogen-bond acceptors (Lipinski definition) is 5. The minimum Gasteiger partial charge on any atom is -0.469 e. The SMILES string of the molecule is COC(=O)CC1(CSc2nccc(C#N)c2Cl)CC1. The van der Waals surface area contributed by atoms with Gasteiger partial charge in [0.15, 0.2) is 0 Å². The molecule has 0 N–H and O–H groups in total. The van der Waals surface area contributed by atoms with Crippen molar-refractivity contribution in [3.05, 3.63) is 22.8 Å². The zero-order valence-corrected chi connectivity index (χ0v) is 12.1. The smallest absolute Gasteiger partial charge is 0.306 e. The highest BCUT2D eigenvalue weighted by molar-refractivity contribution is 7.99. The molecule has 0 radical (unpaired) electrons. The van der Waals surface area contributed by atoms with Crippen LogP contribution in [0.2, 0.25) is 5.02 Å². The van der Waals surface area contributed by atoms with Gasteiger partial charge in [0.05, 0.1) is 24.1 Å². The molecular formula is C13H13ClN2O2S. The van der Waals surface area contributed by atoms with Crippen molar-refractivity contribution in [2.45, 2.75) is 24.3 Å². The molecule has 0 aliphatic heterocycles. The summed E-state index contributed by atoms with van der Waals surface area (Å²) >= 11 is 7.59. The molecule has 6 heteroatoms. The third kappa shape index (κ3) is 3.40. The number of carbonyl (C=O) groups is 1. The lowest BCUT2D eigenvalue weighted by Gasteiger charge is -2.13. The van der Waals surface area contributed by atoms with Crippen molar-refractivity contribution in [1.29, 1.82) is 5.26 Å². The Morgan fingerprint density at radius 3 is 3.00 bits per heavy atom. The van der Waals surface area contributed by atoms with Crippen LogP contribution in [0.5, 0.6) is 0 Å². The maximum atomic E-state index is 11.3. The van der Waals surface area contributed by atoms with Gasteiger partial charge in [-0.1, -0.05) is 11.6 Å². The molecule has 100 valence electrons. The van der Waals surface area contributed by atoms with E-state index in [1.807, 2.05) is 6.07 Å². The molecule has 1 saturated carbocycles. The van der Waals surface area contributed by atoms with Crippen LogP contribution in [0.25, 0.3) is 0 Å². The van der Waals surface area contributed by atoms with Gasteiger partial charge in [-0.2, -0.15) is 5.26 Å². The predicted molar refractivity (Wildman–Crippen MR) is 73.0 cm³/mol. The lowest BCUT2D eigenvalue weighted by molar-refractivity contribution is -0.141. The van der Waals surface area contributed by atoms with Crippen LogP contribution in [-0.4, -0.2) is 23.8 Å². The summed E-state index contributed by atoms with van der Waals surface area (Å²) in [6, 6.07) is 3.62. The van der Waals surface area contributed by atoms with E-state index in [0.29, 0.717) is 22.0 Å². The van der Waals surface area contributed by atoms with E-state index in [1.165, 1.54) is 18.9 Å². The molecule has 0 unspecified atom stereocenters. The molecule has 1 aliphatic carbocycles. The Labute approximate surface area is 121 Å². The molecule has 0 spiro atoms. The lowest BCUT2D eigenvalue weighted by Crippen LogP contribution is -2.13. The number of nitrogens with zero attached hydrogens (tertiary/aromatic N) is 2. The van der Waals surface area contributed by atoms with Crippen molar-refractivity contribution >= 4 is 29.3 Å². The van der Waals surface area contributed by atoms with E-state index < -0.39 is 0 Å². The second-order valence-corrected chi connectivity index (χ2v) is 5.97. The van der Waals surface area contributed by atoms with E-state index in [9.17, 15) is 4.79 Å². The van der Waals surface area contributed by atoms with E-state index >= 15 is 0 Å². The average Bonchev–Trinajstić information content (AvgIpc) is 3.17. The number of methoxy groups -OCH3 is 1. The standard InChI is InChI=1S/C13H13ClN2O2S/c1-18-10(17)6-13(3-4-13)8-19-12-11(14)9(7-15)2-5-16-12/h2,5H,3-4,6,8H2,1H3. The zero-order valence-electron chi connectivity index (χ0n) is 10.5. The number of nitriles is 1. The summed E-state index contributed by atoms with van der Waals surface area (Å²) in [6.45, 7) is 0. The molecule has 0 bridgehead atoms. The highest BCUT2D eigenvalue weighted by Gasteiger charge is 2.44. The van der Waals surface area contributed by atoms with Crippen LogP contribution in [0.4, 0.5) is 0 Å². The van der Waals surface area contributed by atoms with Crippen LogP contribution in [-0.2, 0) is 9.53 Å². The fourth-order valence-electron chi connectivity index (χ4n) is 1.76. The van der Waals surface area contributed by atoms with E-state index in [-0.39, 0.29) is 11.4 Å². The van der Waals surface area contributed by atoms with Crippen molar-refractivity contribution in [2.24, 2.45) is 5.41 Å². The Bertz CT molecular complexity index is 538. The third-order valence-corrected chi connectivity index (χ3v) is 5.03. The van der Waals surface area contributed by atoms with Crippen molar-refractivity contribution in [1.82, 2.24) is 4.98 Å². The molecule has 2 rings (SSSR count). The fraction of sp³-hybridized carbons (Fsp3) is 0.462. The number of halogens is 1. The molecule has 1 aliphatic rings. The van der Waals surface area contributed by atoms with Gasteiger partial charge in [-0.3, -0.25) is 4.79 Å². The number of rotatable bonds is 5. The van der Waals surface area contributed by atoms with E-state index in [2.05, 4.69) is 4.98 Å². The minimum atomic E-state index is -0.178. The number of ether oxygens (including phenoxy) is 1. The van der Waals surface area contributed by atoms with Gasteiger partial charge in [0.25, 0.3) is 0 Å². The number of hydrogen-bond donors (Lipinski definition) is 0. The van der Waals surface area contributed by atoms with Crippen molar-refractivity contribution in [2.75, 3.05) is 12.9 Å². The van der Waals surface area contributed by atoms with E-state index in [0.717, 1.165) is 18.6 Å². The summed E-state index contributed by atoms with van der Waals surface area (Å²) in [5, 5.41) is 9.94. The summed E-state index contributed by atoms with van der Waals surface area (Å²) in [4.78, 5) is 15.5. The molecule has 1 fully saturated rings. The van der Waals surface area contributed by atoms with Crippen LogP contribution >= 0.6 is 23.4 Å². The maximum absolute atomic E-state index is 11.3. The molecule has 0 amide bonds. The molecule has 1 heterocycles. The maximum Gasteiger partial charge on any atom is 0.306 e. The zero-order chi connectivity index (χ0) is 13.9. The van der Waals surface area contributed by atoms with Crippen molar-refractivity contribution < 1.29 is 9.53 Å². The molecule has 1 aromatic heterocycles. The molecule has 19 heavy (non-hydrogen) atoms. The fourth-order valence-corrected chi connectivity index (χ4v) is 3.28. The Morgan fingerprint density at radius 1 is 1.68 bits per heavy atom.